The lowest BCUT2D eigenvalue weighted by atomic mass is 10.0. The molecule has 1 aliphatic heterocycles. The van der Waals surface area contributed by atoms with Gasteiger partial charge in [0.15, 0.2) is 0 Å². The highest BCUT2D eigenvalue weighted by Gasteiger charge is 2.34. The zero-order valence-corrected chi connectivity index (χ0v) is 13.7. The van der Waals surface area contributed by atoms with Gasteiger partial charge in [-0.3, -0.25) is 4.68 Å². The van der Waals surface area contributed by atoms with Crippen molar-refractivity contribution >= 4 is 23.1 Å². The van der Waals surface area contributed by atoms with Crippen LogP contribution in [0.5, 0.6) is 0 Å². The SMILES string of the molecule is Cc1nn(C)c(C)c1[C@H]1OCC[C@@H]1NC(=O)Nc1ccsc1. The maximum absolute atomic E-state index is 12.1. The van der Waals surface area contributed by atoms with Crippen molar-refractivity contribution in [2.24, 2.45) is 7.05 Å². The number of hydrogen-bond donors (Lipinski definition) is 2. The van der Waals surface area contributed by atoms with E-state index in [1.165, 1.54) is 0 Å². The van der Waals surface area contributed by atoms with E-state index in [4.69, 9.17) is 4.74 Å². The van der Waals surface area contributed by atoms with Gasteiger partial charge in [0, 0.05) is 30.3 Å². The van der Waals surface area contributed by atoms with Crippen molar-refractivity contribution in [3.8, 4) is 0 Å². The average molecular weight is 320 g/mol. The highest BCUT2D eigenvalue weighted by molar-refractivity contribution is 7.08. The van der Waals surface area contributed by atoms with Crippen molar-refractivity contribution in [1.82, 2.24) is 15.1 Å². The van der Waals surface area contributed by atoms with Crippen molar-refractivity contribution < 1.29 is 9.53 Å². The molecule has 0 bridgehead atoms. The minimum absolute atomic E-state index is 0.0414. The van der Waals surface area contributed by atoms with Crippen LogP contribution in [0.2, 0.25) is 0 Å². The van der Waals surface area contributed by atoms with Crippen LogP contribution in [0.25, 0.3) is 0 Å². The number of aromatic nitrogens is 2. The van der Waals surface area contributed by atoms with E-state index in [0.29, 0.717) is 6.61 Å². The van der Waals surface area contributed by atoms with E-state index in [1.54, 1.807) is 11.3 Å². The van der Waals surface area contributed by atoms with E-state index in [1.807, 2.05) is 42.4 Å². The molecule has 0 saturated carbocycles. The molecule has 2 atom stereocenters. The summed E-state index contributed by atoms with van der Waals surface area (Å²) in [7, 11) is 1.92. The molecule has 0 aromatic carbocycles. The molecule has 3 heterocycles. The van der Waals surface area contributed by atoms with Gasteiger partial charge in [-0.05, 0) is 31.7 Å². The van der Waals surface area contributed by atoms with E-state index in [0.717, 1.165) is 29.1 Å². The fourth-order valence-corrected chi connectivity index (χ4v) is 3.48. The Balaban J connectivity index is 1.72. The summed E-state index contributed by atoms with van der Waals surface area (Å²) in [5.41, 5.74) is 3.93. The predicted octanol–water partition coefficient (Wildman–Crippen LogP) is 2.75. The number of hydrogen-bond acceptors (Lipinski definition) is 4. The Hall–Kier alpha value is -1.86. The molecule has 0 aliphatic carbocycles. The maximum atomic E-state index is 12.1. The van der Waals surface area contributed by atoms with Gasteiger partial charge < -0.3 is 15.4 Å². The molecule has 0 unspecified atom stereocenters. The lowest BCUT2D eigenvalue weighted by Gasteiger charge is -2.20. The molecule has 1 fully saturated rings. The van der Waals surface area contributed by atoms with Crippen LogP contribution < -0.4 is 10.6 Å². The quantitative estimate of drug-likeness (QED) is 0.914. The van der Waals surface area contributed by atoms with Gasteiger partial charge in [-0.2, -0.15) is 16.4 Å². The Morgan fingerprint density at radius 1 is 1.50 bits per heavy atom. The van der Waals surface area contributed by atoms with E-state index in [2.05, 4.69) is 15.7 Å². The first-order chi connectivity index (χ1) is 10.6. The van der Waals surface area contributed by atoms with E-state index >= 15 is 0 Å². The predicted molar refractivity (Wildman–Crippen MR) is 86.3 cm³/mol. The average Bonchev–Trinajstić information content (AvgIpc) is 3.15. The monoisotopic (exact) mass is 320 g/mol. The number of thiophene rings is 1. The Bertz CT molecular complexity index is 665. The molecular weight excluding hydrogens is 300 g/mol. The highest BCUT2D eigenvalue weighted by Crippen LogP contribution is 2.33. The minimum Gasteiger partial charge on any atom is -0.371 e. The Morgan fingerprint density at radius 2 is 2.32 bits per heavy atom. The third kappa shape index (κ3) is 2.86. The Morgan fingerprint density at radius 3 is 2.95 bits per heavy atom. The zero-order chi connectivity index (χ0) is 15.7. The van der Waals surface area contributed by atoms with Gasteiger partial charge in [-0.15, -0.1) is 0 Å². The van der Waals surface area contributed by atoms with Gasteiger partial charge in [-0.25, -0.2) is 4.79 Å². The summed E-state index contributed by atoms with van der Waals surface area (Å²) in [4.78, 5) is 12.1. The van der Waals surface area contributed by atoms with Crippen molar-refractivity contribution in [3.05, 3.63) is 33.8 Å². The number of rotatable bonds is 3. The van der Waals surface area contributed by atoms with Crippen LogP contribution in [-0.2, 0) is 11.8 Å². The van der Waals surface area contributed by atoms with Crippen LogP contribution in [0, 0.1) is 13.8 Å². The number of carbonyl (C=O) groups excluding carboxylic acids is 1. The van der Waals surface area contributed by atoms with Crippen molar-refractivity contribution in [3.63, 3.8) is 0 Å². The Labute approximate surface area is 133 Å². The van der Waals surface area contributed by atoms with E-state index < -0.39 is 0 Å². The van der Waals surface area contributed by atoms with Crippen molar-refractivity contribution in [2.75, 3.05) is 11.9 Å². The summed E-state index contributed by atoms with van der Waals surface area (Å²) >= 11 is 1.55. The van der Waals surface area contributed by atoms with E-state index in [9.17, 15) is 4.79 Å². The molecule has 1 aliphatic rings. The molecule has 22 heavy (non-hydrogen) atoms. The molecule has 2 aromatic heterocycles. The number of carbonyl (C=O) groups is 1. The van der Waals surface area contributed by atoms with Gasteiger partial charge in [0.1, 0.15) is 6.10 Å². The number of amides is 2. The first kappa shape index (κ1) is 15.1. The lowest BCUT2D eigenvalue weighted by molar-refractivity contribution is 0.0993. The molecule has 7 heteroatoms. The number of urea groups is 1. The van der Waals surface area contributed by atoms with Crippen LogP contribution in [0.3, 0.4) is 0 Å². The summed E-state index contributed by atoms with van der Waals surface area (Å²) in [6.45, 7) is 4.65. The zero-order valence-electron chi connectivity index (χ0n) is 12.9. The molecule has 2 amide bonds. The van der Waals surface area contributed by atoms with Crippen LogP contribution in [0.1, 0.15) is 29.5 Å². The van der Waals surface area contributed by atoms with Crippen molar-refractivity contribution in [1.29, 1.82) is 0 Å². The van der Waals surface area contributed by atoms with Crippen LogP contribution in [0.15, 0.2) is 16.8 Å². The summed E-state index contributed by atoms with van der Waals surface area (Å²) in [6.07, 6.45) is 0.664. The summed E-state index contributed by atoms with van der Waals surface area (Å²) in [5.74, 6) is 0. The topological polar surface area (TPSA) is 68.2 Å². The minimum atomic E-state index is -0.196. The first-order valence-electron chi connectivity index (χ1n) is 7.27. The molecule has 6 nitrogen and oxygen atoms in total. The molecular formula is C15H20N4O2S. The molecule has 2 aromatic rings. The normalized spacial score (nSPS) is 21.0. The van der Waals surface area contributed by atoms with Crippen LogP contribution in [-0.4, -0.2) is 28.5 Å². The molecule has 118 valence electrons. The maximum Gasteiger partial charge on any atom is 0.319 e. The van der Waals surface area contributed by atoms with Crippen LogP contribution in [0.4, 0.5) is 10.5 Å². The third-order valence-corrected chi connectivity index (χ3v) is 4.72. The number of aryl methyl sites for hydroxylation is 2. The molecule has 2 N–H and O–H groups in total. The summed E-state index contributed by atoms with van der Waals surface area (Å²) in [6, 6.07) is 1.64. The highest BCUT2D eigenvalue weighted by atomic mass is 32.1. The first-order valence-corrected chi connectivity index (χ1v) is 8.22. The number of ether oxygens (including phenoxy) is 1. The number of nitrogens with zero attached hydrogens (tertiary/aromatic N) is 2. The summed E-state index contributed by atoms with van der Waals surface area (Å²) < 4.78 is 7.72. The van der Waals surface area contributed by atoms with Gasteiger partial charge in [0.25, 0.3) is 0 Å². The van der Waals surface area contributed by atoms with E-state index in [-0.39, 0.29) is 18.2 Å². The number of nitrogens with one attached hydrogen (secondary N) is 2. The second-order valence-corrected chi connectivity index (χ2v) is 6.29. The molecule has 0 spiro atoms. The largest absolute Gasteiger partial charge is 0.371 e. The van der Waals surface area contributed by atoms with Gasteiger partial charge in [-0.1, -0.05) is 0 Å². The second kappa shape index (κ2) is 6.10. The van der Waals surface area contributed by atoms with Gasteiger partial charge in [0.2, 0.25) is 0 Å². The summed E-state index contributed by atoms with van der Waals surface area (Å²) in [5, 5.41) is 14.1. The molecule has 0 radical (unpaired) electrons. The fourth-order valence-electron chi connectivity index (χ4n) is 2.89. The number of anilines is 1. The van der Waals surface area contributed by atoms with Gasteiger partial charge >= 0.3 is 6.03 Å². The second-order valence-electron chi connectivity index (χ2n) is 5.51. The fraction of sp³-hybridized carbons (Fsp3) is 0.467. The smallest absolute Gasteiger partial charge is 0.319 e. The van der Waals surface area contributed by atoms with Crippen molar-refractivity contribution in [2.45, 2.75) is 32.4 Å². The third-order valence-electron chi connectivity index (χ3n) is 4.04. The standard InChI is InChI=1S/C15H20N4O2S/c1-9-13(10(2)19(3)18-9)14-12(4-6-21-14)17-15(20)16-11-5-7-22-8-11/h5,7-8,12,14H,4,6H2,1-3H3,(H2,16,17,20)/t12-,14-/m0/s1. The molecule has 3 rings (SSSR count). The van der Waals surface area contributed by atoms with Crippen LogP contribution >= 0.6 is 11.3 Å². The Kier molecular flexibility index (Phi) is 4.17. The van der Waals surface area contributed by atoms with Gasteiger partial charge in [0.05, 0.1) is 17.4 Å². The lowest BCUT2D eigenvalue weighted by Crippen LogP contribution is -2.39. The molecule has 1 saturated heterocycles.